The van der Waals surface area contributed by atoms with Crippen molar-refractivity contribution in [3.63, 3.8) is 0 Å². The quantitative estimate of drug-likeness (QED) is 0.666. The third-order valence-corrected chi connectivity index (χ3v) is 4.22. The molecule has 0 bridgehead atoms. The van der Waals surface area contributed by atoms with Crippen LogP contribution in [0.4, 0.5) is 11.8 Å². The number of nitrogens with one attached hydrogen (secondary N) is 2. The zero-order valence-electron chi connectivity index (χ0n) is 14.8. The zero-order valence-corrected chi connectivity index (χ0v) is 15.5. The first-order valence-corrected chi connectivity index (χ1v) is 8.82. The van der Waals surface area contributed by atoms with E-state index in [4.69, 9.17) is 11.6 Å². The first-order chi connectivity index (χ1) is 12.0. The first kappa shape index (κ1) is 17.5. The van der Waals surface area contributed by atoms with E-state index in [9.17, 15) is 0 Å². The summed E-state index contributed by atoms with van der Waals surface area (Å²) in [5.74, 6) is 2.03. The summed E-state index contributed by atoms with van der Waals surface area (Å²) in [6, 6.07) is 7.77. The summed E-state index contributed by atoms with van der Waals surface area (Å²) in [5, 5.41) is 12.6. The summed E-state index contributed by atoms with van der Waals surface area (Å²) >= 11 is 5.94. The molecule has 0 saturated heterocycles. The fraction of sp³-hybridized carbons (Fsp3) is 0.389. The molecule has 0 radical (unpaired) electrons. The Morgan fingerprint density at radius 2 is 1.88 bits per heavy atom. The topological polar surface area (TPSA) is 67.7 Å². The maximum Gasteiger partial charge on any atom is 0.226 e. The summed E-state index contributed by atoms with van der Waals surface area (Å²) in [7, 11) is 1.89. The van der Waals surface area contributed by atoms with Crippen LogP contribution >= 0.6 is 11.6 Å². The van der Waals surface area contributed by atoms with E-state index < -0.39 is 0 Å². The van der Waals surface area contributed by atoms with Gasteiger partial charge in [-0.1, -0.05) is 37.6 Å². The lowest BCUT2D eigenvalue weighted by molar-refractivity contribution is 0.606. The van der Waals surface area contributed by atoms with Crippen molar-refractivity contribution in [2.24, 2.45) is 13.0 Å². The molecule has 3 aromatic rings. The summed E-state index contributed by atoms with van der Waals surface area (Å²) in [5.41, 5.74) is 1.94. The molecular formula is C18H23ClN6. The number of rotatable bonds is 7. The van der Waals surface area contributed by atoms with Crippen molar-refractivity contribution in [2.75, 3.05) is 17.2 Å². The molecule has 3 rings (SSSR count). The van der Waals surface area contributed by atoms with Crippen molar-refractivity contribution >= 4 is 34.4 Å². The van der Waals surface area contributed by atoms with E-state index in [1.165, 1.54) is 0 Å². The third-order valence-electron chi connectivity index (χ3n) is 3.97. The molecule has 0 saturated carbocycles. The molecule has 132 valence electrons. The van der Waals surface area contributed by atoms with Gasteiger partial charge in [0, 0.05) is 25.2 Å². The third kappa shape index (κ3) is 4.39. The molecule has 0 aliphatic heterocycles. The molecule has 25 heavy (non-hydrogen) atoms. The van der Waals surface area contributed by atoms with Crippen molar-refractivity contribution in [1.82, 2.24) is 19.7 Å². The second kappa shape index (κ2) is 7.70. The number of hydrogen-bond donors (Lipinski definition) is 2. The Morgan fingerprint density at radius 1 is 1.12 bits per heavy atom. The maximum absolute atomic E-state index is 5.94. The highest BCUT2D eigenvalue weighted by Gasteiger charge is 2.11. The molecule has 0 unspecified atom stereocenters. The van der Waals surface area contributed by atoms with E-state index in [-0.39, 0.29) is 0 Å². The molecule has 0 aliphatic carbocycles. The molecule has 0 amide bonds. The van der Waals surface area contributed by atoms with E-state index >= 15 is 0 Å². The number of halogens is 1. The average Bonchev–Trinajstić information content (AvgIpc) is 2.95. The predicted octanol–water partition coefficient (Wildman–Crippen LogP) is 4.09. The molecule has 2 aromatic heterocycles. The van der Waals surface area contributed by atoms with Gasteiger partial charge in [0.2, 0.25) is 5.95 Å². The van der Waals surface area contributed by atoms with Crippen molar-refractivity contribution < 1.29 is 0 Å². The Hall–Kier alpha value is -2.34. The lowest BCUT2D eigenvalue weighted by atomic mass is 10.1. The summed E-state index contributed by atoms with van der Waals surface area (Å²) in [6.07, 6.45) is 2.86. The lowest BCUT2D eigenvalue weighted by Crippen LogP contribution is -2.10. The molecule has 2 N–H and O–H groups in total. The highest BCUT2D eigenvalue weighted by molar-refractivity contribution is 6.30. The Balaban J connectivity index is 1.80. The zero-order chi connectivity index (χ0) is 17.8. The van der Waals surface area contributed by atoms with Gasteiger partial charge in [-0.15, -0.1) is 0 Å². The average molecular weight is 359 g/mol. The maximum atomic E-state index is 5.94. The minimum atomic E-state index is 0.621. The van der Waals surface area contributed by atoms with Crippen LogP contribution in [0.1, 0.15) is 25.8 Å². The van der Waals surface area contributed by atoms with Crippen LogP contribution < -0.4 is 10.6 Å². The monoisotopic (exact) mass is 358 g/mol. The number of anilines is 2. The van der Waals surface area contributed by atoms with Gasteiger partial charge in [0.1, 0.15) is 5.82 Å². The van der Waals surface area contributed by atoms with Crippen LogP contribution in [-0.4, -0.2) is 26.3 Å². The van der Waals surface area contributed by atoms with Gasteiger partial charge in [-0.2, -0.15) is 15.1 Å². The molecule has 7 heteroatoms. The second-order valence-electron chi connectivity index (χ2n) is 6.49. The molecule has 0 spiro atoms. The Morgan fingerprint density at radius 3 is 2.60 bits per heavy atom. The van der Waals surface area contributed by atoms with Crippen LogP contribution in [0.5, 0.6) is 0 Å². The van der Waals surface area contributed by atoms with Crippen molar-refractivity contribution in [1.29, 1.82) is 0 Å². The Bertz CT molecular complexity index is 841. The minimum absolute atomic E-state index is 0.621. The van der Waals surface area contributed by atoms with Crippen LogP contribution in [-0.2, 0) is 13.6 Å². The van der Waals surface area contributed by atoms with Crippen molar-refractivity contribution in [2.45, 2.75) is 26.8 Å². The van der Waals surface area contributed by atoms with Gasteiger partial charge < -0.3 is 10.6 Å². The first-order valence-electron chi connectivity index (χ1n) is 8.45. The molecule has 0 atom stereocenters. The number of fused-ring (bicyclic) bond motifs is 1. The van der Waals surface area contributed by atoms with E-state index in [2.05, 4.69) is 39.5 Å². The molecule has 0 fully saturated rings. The van der Waals surface area contributed by atoms with Gasteiger partial charge >= 0.3 is 0 Å². The van der Waals surface area contributed by atoms with Gasteiger partial charge in [0.25, 0.3) is 0 Å². The van der Waals surface area contributed by atoms with Crippen LogP contribution in [0, 0.1) is 5.92 Å². The van der Waals surface area contributed by atoms with E-state index in [1.807, 2.05) is 31.3 Å². The highest BCUT2D eigenvalue weighted by atomic mass is 35.5. The largest absolute Gasteiger partial charge is 0.365 e. The number of nitrogens with zero attached hydrogens (tertiary/aromatic N) is 4. The standard InChI is InChI=1S/C18H23ClN6/c1-12(2)8-9-20-18-23-16(15-11-22-25(3)17(15)24-18)21-10-13-4-6-14(19)7-5-13/h4-7,11-12H,8-10H2,1-3H3,(H2,20,21,23,24). The van der Waals surface area contributed by atoms with Gasteiger partial charge in [0.15, 0.2) is 5.65 Å². The van der Waals surface area contributed by atoms with Crippen LogP contribution in [0.25, 0.3) is 11.0 Å². The minimum Gasteiger partial charge on any atom is -0.365 e. The smallest absolute Gasteiger partial charge is 0.226 e. The SMILES string of the molecule is CC(C)CCNc1nc(NCc2ccc(Cl)cc2)c2cnn(C)c2n1. The number of benzene rings is 1. The van der Waals surface area contributed by atoms with Gasteiger partial charge in [-0.3, -0.25) is 4.68 Å². The summed E-state index contributed by atoms with van der Waals surface area (Å²) in [6.45, 7) is 5.90. The number of hydrogen-bond acceptors (Lipinski definition) is 5. The number of aryl methyl sites for hydroxylation is 1. The molecule has 0 aliphatic rings. The van der Waals surface area contributed by atoms with Crippen molar-refractivity contribution in [3.8, 4) is 0 Å². The van der Waals surface area contributed by atoms with Crippen molar-refractivity contribution in [3.05, 3.63) is 41.0 Å². The Labute approximate surface area is 152 Å². The highest BCUT2D eigenvalue weighted by Crippen LogP contribution is 2.22. The van der Waals surface area contributed by atoms with Gasteiger partial charge in [-0.05, 0) is 30.0 Å². The van der Waals surface area contributed by atoms with Crippen LogP contribution in [0.3, 0.4) is 0 Å². The molecule has 1 aromatic carbocycles. The van der Waals surface area contributed by atoms with Gasteiger partial charge in [-0.25, -0.2) is 0 Å². The second-order valence-corrected chi connectivity index (χ2v) is 6.93. The summed E-state index contributed by atoms with van der Waals surface area (Å²) in [4.78, 5) is 9.21. The van der Waals surface area contributed by atoms with E-state index in [0.29, 0.717) is 18.4 Å². The van der Waals surface area contributed by atoms with E-state index in [1.54, 1.807) is 10.9 Å². The molecule has 2 heterocycles. The molecule has 6 nitrogen and oxygen atoms in total. The van der Waals surface area contributed by atoms with E-state index in [0.717, 1.165) is 40.4 Å². The Kier molecular flexibility index (Phi) is 5.38. The van der Waals surface area contributed by atoms with Crippen LogP contribution in [0.2, 0.25) is 5.02 Å². The summed E-state index contributed by atoms with van der Waals surface area (Å²) < 4.78 is 1.76. The predicted molar refractivity (Wildman–Crippen MR) is 103 cm³/mol. The van der Waals surface area contributed by atoms with Crippen LogP contribution in [0.15, 0.2) is 30.5 Å². The van der Waals surface area contributed by atoms with Gasteiger partial charge in [0.05, 0.1) is 11.6 Å². The molecular weight excluding hydrogens is 336 g/mol. The fourth-order valence-electron chi connectivity index (χ4n) is 2.50. The normalized spacial score (nSPS) is 11.2. The lowest BCUT2D eigenvalue weighted by Gasteiger charge is -2.11. The fourth-order valence-corrected chi connectivity index (χ4v) is 2.62. The number of aromatic nitrogens is 4.